The molecule has 18 heavy (non-hydrogen) atoms. The van der Waals surface area contributed by atoms with E-state index in [2.05, 4.69) is 29.5 Å². The summed E-state index contributed by atoms with van der Waals surface area (Å²) in [6.07, 6.45) is 5.00. The van der Waals surface area contributed by atoms with E-state index in [1.54, 1.807) is 6.07 Å². The Hall–Kier alpha value is -1.04. The van der Waals surface area contributed by atoms with E-state index in [4.69, 9.17) is 9.47 Å². The fraction of sp³-hybridized carbons (Fsp3) is 0.357. The van der Waals surface area contributed by atoms with Gasteiger partial charge in [-0.3, -0.25) is 0 Å². The molecule has 0 heterocycles. The van der Waals surface area contributed by atoms with E-state index in [0.29, 0.717) is 17.9 Å². The average molecular weight is 360 g/mol. The first-order chi connectivity index (χ1) is 8.60. The summed E-state index contributed by atoms with van der Waals surface area (Å²) in [4.78, 5) is 11.6. The first-order valence-electron chi connectivity index (χ1n) is 5.76. The molecule has 0 unspecified atom stereocenters. The van der Waals surface area contributed by atoms with Crippen molar-refractivity contribution in [3.63, 3.8) is 0 Å². The van der Waals surface area contributed by atoms with Gasteiger partial charge in [0.15, 0.2) is 0 Å². The lowest BCUT2D eigenvalue weighted by Gasteiger charge is -2.10. The average Bonchev–Trinajstić information content (AvgIpc) is 2.36. The Morgan fingerprint density at radius 2 is 2.11 bits per heavy atom. The molecule has 0 N–H and O–H groups in total. The van der Waals surface area contributed by atoms with Gasteiger partial charge in [0, 0.05) is 0 Å². The van der Waals surface area contributed by atoms with E-state index >= 15 is 0 Å². The highest BCUT2D eigenvalue weighted by molar-refractivity contribution is 14.1. The third-order valence-electron chi connectivity index (χ3n) is 2.42. The molecule has 0 saturated heterocycles. The van der Waals surface area contributed by atoms with Gasteiger partial charge >= 0.3 is 5.97 Å². The van der Waals surface area contributed by atoms with Crippen LogP contribution < -0.4 is 4.74 Å². The van der Waals surface area contributed by atoms with Crippen LogP contribution in [0.1, 0.15) is 29.3 Å². The normalized spacial score (nSPS) is 10.7. The number of hydrogen-bond acceptors (Lipinski definition) is 3. The molecule has 4 heteroatoms. The highest BCUT2D eigenvalue weighted by Crippen LogP contribution is 2.25. The second kappa shape index (κ2) is 7.41. The maximum absolute atomic E-state index is 11.6. The van der Waals surface area contributed by atoms with Gasteiger partial charge in [-0.25, -0.2) is 4.79 Å². The van der Waals surface area contributed by atoms with Crippen molar-refractivity contribution >= 4 is 28.6 Å². The summed E-state index contributed by atoms with van der Waals surface area (Å²) < 4.78 is 11.4. The van der Waals surface area contributed by atoms with Gasteiger partial charge in [0.25, 0.3) is 0 Å². The van der Waals surface area contributed by atoms with Crippen molar-refractivity contribution in [1.82, 2.24) is 0 Å². The largest absolute Gasteiger partial charge is 0.488 e. The first kappa shape index (κ1) is 15.0. The Labute approximate surface area is 121 Å². The third kappa shape index (κ3) is 4.01. The highest BCUT2D eigenvalue weighted by atomic mass is 127. The predicted molar refractivity (Wildman–Crippen MR) is 80.2 cm³/mol. The highest BCUT2D eigenvalue weighted by Gasteiger charge is 2.13. The lowest BCUT2D eigenvalue weighted by molar-refractivity contribution is 0.0599. The van der Waals surface area contributed by atoms with Gasteiger partial charge in [0.1, 0.15) is 12.4 Å². The molecule has 0 atom stereocenters. The molecule has 0 bridgehead atoms. The van der Waals surface area contributed by atoms with Gasteiger partial charge in [-0.15, -0.1) is 0 Å². The van der Waals surface area contributed by atoms with Gasteiger partial charge in [0.05, 0.1) is 16.2 Å². The standard InChI is InChI=1S/C14H17IO3/c1-4-5-6-7-18-13-9-11(14(16)17-3)10(2)8-12(13)15/h5-6,8-9H,4,7H2,1-3H3/b6-5-. The molecule has 98 valence electrons. The number of hydrogen-bond donors (Lipinski definition) is 0. The van der Waals surface area contributed by atoms with Gasteiger partial charge < -0.3 is 9.47 Å². The zero-order chi connectivity index (χ0) is 13.5. The Morgan fingerprint density at radius 1 is 1.39 bits per heavy atom. The lowest BCUT2D eigenvalue weighted by atomic mass is 10.1. The molecule has 0 aromatic heterocycles. The van der Waals surface area contributed by atoms with Crippen LogP contribution in [0, 0.1) is 10.5 Å². The van der Waals surface area contributed by atoms with Crippen LogP contribution in [-0.2, 0) is 4.74 Å². The quantitative estimate of drug-likeness (QED) is 0.456. The smallest absolute Gasteiger partial charge is 0.338 e. The Kier molecular flexibility index (Phi) is 6.18. The number of carbonyl (C=O) groups is 1. The molecule has 0 fully saturated rings. The van der Waals surface area contributed by atoms with E-state index < -0.39 is 0 Å². The fourth-order valence-electron chi connectivity index (χ4n) is 1.47. The van der Waals surface area contributed by atoms with Crippen molar-refractivity contribution < 1.29 is 14.3 Å². The van der Waals surface area contributed by atoms with Crippen molar-refractivity contribution in [2.75, 3.05) is 13.7 Å². The summed E-state index contributed by atoms with van der Waals surface area (Å²) in [5.41, 5.74) is 1.44. The first-order valence-corrected chi connectivity index (χ1v) is 6.84. The van der Waals surface area contributed by atoms with E-state index in [9.17, 15) is 4.79 Å². The second-order valence-corrected chi connectivity index (χ2v) is 4.94. The molecule has 0 aliphatic heterocycles. The Bertz CT molecular complexity index is 453. The summed E-state index contributed by atoms with van der Waals surface area (Å²) in [7, 11) is 1.38. The van der Waals surface area contributed by atoms with Crippen molar-refractivity contribution in [3.05, 3.63) is 39.0 Å². The van der Waals surface area contributed by atoms with Gasteiger partial charge in [-0.1, -0.05) is 19.1 Å². The van der Waals surface area contributed by atoms with Crippen LogP contribution in [0.2, 0.25) is 0 Å². The SMILES string of the molecule is CC/C=C\COc1cc(C(=O)OC)c(C)cc1I. The molecule has 0 amide bonds. The molecule has 1 aromatic carbocycles. The van der Waals surface area contributed by atoms with Crippen LogP contribution in [0.15, 0.2) is 24.3 Å². The number of benzene rings is 1. The topological polar surface area (TPSA) is 35.5 Å². The number of carbonyl (C=O) groups excluding carboxylic acids is 1. The van der Waals surface area contributed by atoms with Crippen molar-refractivity contribution in [1.29, 1.82) is 0 Å². The minimum atomic E-state index is -0.335. The lowest BCUT2D eigenvalue weighted by Crippen LogP contribution is -2.06. The fourth-order valence-corrected chi connectivity index (χ4v) is 2.24. The zero-order valence-corrected chi connectivity index (χ0v) is 13.0. The number of aryl methyl sites for hydroxylation is 1. The molecular weight excluding hydrogens is 343 g/mol. The number of allylic oxidation sites excluding steroid dienone is 1. The minimum absolute atomic E-state index is 0.335. The molecule has 3 nitrogen and oxygen atoms in total. The van der Waals surface area contributed by atoms with E-state index in [-0.39, 0.29) is 5.97 Å². The molecular formula is C14H17IO3. The summed E-state index contributed by atoms with van der Waals surface area (Å²) >= 11 is 2.20. The molecule has 0 spiro atoms. The maximum atomic E-state index is 11.6. The molecule has 0 aliphatic rings. The van der Waals surface area contributed by atoms with E-state index in [0.717, 1.165) is 15.6 Å². The van der Waals surface area contributed by atoms with Crippen molar-refractivity contribution in [2.24, 2.45) is 0 Å². The van der Waals surface area contributed by atoms with Crippen LogP contribution in [0.25, 0.3) is 0 Å². The van der Waals surface area contributed by atoms with Gasteiger partial charge in [-0.05, 0) is 53.6 Å². The summed E-state index contributed by atoms with van der Waals surface area (Å²) in [5, 5.41) is 0. The zero-order valence-electron chi connectivity index (χ0n) is 10.8. The molecule has 1 rings (SSSR count). The van der Waals surface area contributed by atoms with E-state index in [1.165, 1.54) is 7.11 Å². The predicted octanol–water partition coefficient (Wildman–Crippen LogP) is 3.73. The molecule has 0 aliphatic carbocycles. The van der Waals surface area contributed by atoms with Crippen LogP contribution in [-0.4, -0.2) is 19.7 Å². The van der Waals surface area contributed by atoms with Crippen LogP contribution in [0.4, 0.5) is 0 Å². The van der Waals surface area contributed by atoms with Crippen molar-refractivity contribution in [3.8, 4) is 5.75 Å². The van der Waals surface area contributed by atoms with Gasteiger partial charge in [0.2, 0.25) is 0 Å². The number of ether oxygens (including phenoxy) is 2. The van der Waals surface area contributed by atoms with Crippen LogP contribution in [0.3, 0.4) is 0 Å². The Balaban J connectivity index is 2.91. The van der Waals surface area contributed by atoms with Crippen molar-refractivity contribution in [2.45, 2.75) is 20.3 Å². The van der Waals surface area contributed by atoms with Crippen LogP contribution >= 0.6 is 22.6 Å². The molecule has 0 saturated carbocycles. The number of rotatable bonds is 5. The summed E-state index contributed by atoms with van der Waals surface area (Å²) in [6, 6.07) is 3.66. The number of esters is 1. The van der Waals surface area contributed by atoms with Crippen LogP contribution in [0.5, 0.6) is 5.75 Å². The third-order valence-corrected chi connectivity index (χ3v) is 3.26. The van der Waals surface area contributed by atoms with Gasteiger partial charge in [-0.2, -0.15) is 0 Å². The molecule has 0 radical (unpaired) electrons. The summed E-state index contributed by atoms with van der Waals surface area (Å²) in [6.45, 7) is 4.46. The maximum Gasteiger partial charge on any atom is 0.338 e. The second-order valence-electron chi connectivity index (χ2n) is 3.78. The van der Waals surface area contributed by atoms with E-state index in [1.807, 2.05) is 25.1 Å². The molecule has 1 aromatic rings. The Morgan fingerprint density at radius 3 is 2.72 bits per heavy atom. The number of halogens is 1. The number of methoxy groups -OCH3 is 1. The minimum Gasteiger partial charge on any atom is -0.488 e. The summed E-state index contributed by atoms with van der Waals surface area (Å²) in [5.74, 6) is 0.375. The monoisotopic (exact) mass is 360 g/mol.